The van der Waals surface area contributed by atoms with Crippen LogP contribution in [0.4, 0.5) is 4.79 Å². The summed E-state index contributed by atoms with van der Waals surface area (Å²) in [5, 5.41) is 3.54. The lowest BCUT2D eigenvalue weighted by Crippen LogP contribution is -2.47. The van der Waals surface area contributed by atoms with E-state index in [1.807, 2.05) is 25.7 Å². The molecule has 0 bridgehead atoms. The van der Waals surface area contributed by atoms with E-state index in [1.54, 1.807) is 0 Å². The summed E-state index contributed by atoms with van der Waals surface area (Å²) in [5.41, 5.74) is -0.107. The molecule has 1 aliphatic heterocycles. The Morgan fingerprint density at radius 2 is 1.85 bits per heavy atom. The van der Waals surface area contributed by atoms with Gasteiger partial charge in [0.1, 0.15) is 5.60 Å². The molecule has 20 heavy (non-hydrogen) atoms. The van der Waals surface area contributed by atoms with Crippen molar-refractivity contribution < 1.29 is 9.53 Å². The fraction of sp³-hybridized carbons (Fsp3) is 0.938. The number of nitrogens with zero attached hydrogens (tertiary/aromatic N) is 1. The van der Waals surface area contributed by atoms with E-state index in [2.05, 4.69) is 26.1 Å². The summed E-state index contributed by atoms with van der Waals surface area (Å²) in [6, 6.07) is 0. The maximum Gasteiger partial charge on any atom is 0.410 e. The van der Waals surface area contributed by atoms with Crippen molar-refractivity contribution in [2.45, 2.75) is 60.0 Å². The SMILES string of the molecule is CC(C)CNCC1(C)CCN(C(=O)OC(C)(C)C)CC1. The highest BCUT2D eigenvalue weighted by molar-refractivity contribution is 5.68. The minimum Gasteiger partial charge on any atom is -0.444 e. The maximum atomic E-state index is 12.0. The van der Waals surface area contributed by atoms with E-state index in [0.29, 0.717) is 11.3 Å². The van der Waals surface area contributed by atoms with Crippen LogP contribution in [0.2, 0.25) is 0 Å². The number of hydrogen-bond donors (Lipinski definition) is 1. The monoisotopic (exact) mass is 284 g/mol. The molecule has 0 aromatic rings. The van der Waals surface area contributed by atoms with Gasteiger partial charge in [-0.3, -0.25) is 0 Å². The Hall–Kier alpha value is -0.770. The van der Waals surface area contributed by atoms with Gasteiger partial charge in [-0.1, -0.05) is 20.8 Å². The molecule has 0 aliphatic carbocycles. The van der Waals surface area contributed by atoms with Crippen molar-refractivity contribution >= 4 is 6.09 Å². The van der Waals surface area contributed by atoms with Crippen molar-refractivity contribution in [3.8, 4) is 0 Å². The number of carbonyl (C=O) groups is 1. The van der Waals surface area contributed by atoms with Gasteiger partial charge in [0.2, 0.25) is 0 Å². The third-order valence-corrected chi connectivity index (χ3v) is 3.73. The van der Waals surface area contributed by atoms with E-state index in [1.165, 1.54) is 0 Å². The van der Waals surface area contributed by atoms with Gasteiger partial charge in [0.25, 0.3) is 0 Å². The summed E-state index contributed by atoms with van der Waals surface area (Å²) in [6.45, 7) is 16.2. The van der Waals surface area contributed by atoms with Crippen LogP contribution in [-0.4, -0.2) is 42.8 Å². The van der Waals surface area contributed by atoms with Crippen LogP contribution >= 0.6 is 0 Å². The summed E-state index contributed by atoms with van der Waals surface area (Å²) in [5.74, 6) is 0.681. The minimum absolute atomic E-state index is 0.172. The van der Waals surface area contributed by atoms with Crippen molar-refractivity contribution in [3.05, 3.63) is 0 Å². The molecule has 4 nitrogen and oxygen atoms in total. The molecular weight excluding hydrogens is 252 g/mol. The lowest BCUT2D eigenvalue weighted by molar-refractivity contribution is 0.0119. The second-order valence-corrected chi connectivity index (χ2v) is 7.80. The molecule has 0 radical (unpaired) electrons. The first-order valence-corrected chi connectivity index (χ1v) is 7.80. The first-order valence-electron chi connectivity index (χ1n) is 7.80. The zero-order chi connectivity index (χ0) is 15.4. The number of hydrogen-bond acceptors (Lipinski definition) is 3. The van der Waals surface area contributed by atoms with Gasteiger partial charge in [-0.2, -0.15) is 0 Å². The molecule has 0 aromatic heterocycles. The van der Waals surface area contributed by atoms with Gasteiger partial charge in [-0.05, 0) is 51.5 Å². The van der Waals surface area contributed by atoms with E-state index in [0.717, 1.165) is 39.0 Å². The first kappa shape index (κ1) is 17.3. The number of carbonyl (C=O) groups excluding carboxylic acids is 1. The molecule has 1 heterocycles. The lowest BCUT2D eigenvalue weighted by atomic mass is 9.80. The summed E-state index contributed by atoms with van der Waals surface area (Å²) in [6.07, 6.45) is 1.91. The van der Waals surface area contributed by atoms with Crippen molar-refractivity contribution in [2.24, 2.45) is 11.3 Å². The normalized spacial score (nSPS) is 19.2. The second kappa shape index (κ2) is 6.79. The predicted octanol–water partition coefficient (Wildman–Crippen LogP) is 3.27. The minimum atomic E-state index is -0.406. The average Bonchev–Trinajstić information content (AvgIpc) is 2.26. The Labute approximate surface area is 124 Å². The zero-order valence-corrected chi connectivity index (χ0v) is 14.1. The standard InChI is InChI=1S/C16H32N2O2/c1-13(2)11-17-12-16(6)7-9-18(10-8-16)14(19)20-15(3,4)5/h13,17H,7-12H2,1-6H3. The Balaban J connectivity index is 2.36. The van der Waals surface area contributed by atoms with Crippen LogP contribution < -0.4 is 5.32 Å². The molecular formula is C16H32N2O2. The van der Waals surface area contributed by atoms with Crippen LogP contribution in [0.15, 0.2) is 0 Å². The van der Waals surface area contributed by atoms with Crippen molar-refractivity contribution in [1.82, 2.24) is 10.2 Å². The molecule has 1 saturated heterocycles. The van der Waals surface area contributed by atoms with Gasteiger partial charge in [0.15, 0.2) is 0 Å². The van der Waals surface area contributed by atoms with E-state index < -0.39 is 5.60 Å². The molecule has 4 heteroatoms. The second-order valence-electron chi connectivity index (χ2n) is 7.80. The number of ether oxygens (including phenoxy) is 1. The molecule has 118 valence electrons. The molecule has 0 aromatic carbocycles. The molecule has 0 unspecified atom stereocenters. The number of nitrogens with one attached hydrogen (secondary N) is 1. The summed E-state index contributed by atoms with van der Waals surface area (Å²) < 4.78 is 5.43. The maximum absolute atomic E-state index is 12.0. The predicted molar refractivity (Wildman–Crippen MR) is 82.9 cm³/mol. The van der Waals surface area contributed by atoms with Crippen LogP contribution in [0.1, 0.15) is 54.4 Å². The van der Waals surface area contributed by atoms with Gasteiger partial charge in [-0.25, -0.2) is 4.79 Å². The summed E-state index contributed by atoms with van der Waals surface area (Å²) in [7, 11) is 0. The van der Waals surface area contributed by atoms with Crippen LogP contribution in [0, 0.1) is 11.3 Å². The van der Waals surface area contributed by atoms with Crippen molar-refractivity contribution in [2.75, 3.05) is 26.2 Å². The highest BCUT2D eigenvalue weighted by Gasteiger charge is 2.33. The molecule has 1 amide bonds. The molecule has 0 spiro atoms. The van der Waals surface area contributed by atoms with E-state index in [9.17, 15) is 4.79 Å². The Morgan fingerprint density at radius 3 is 2.30 bits per heavy atom. The Morgan fingerprint density at radius 1 is 1.30 bits per heavy atom. The fourth-order valence-electron chi connectivity index (χ4n) is 2.40. The topological polar surface area (TPSA) is 41.6 Å². The van der Waals surface area contributed by atoms with E-state index in [4.69, 9.17) is 4.74 Å². The number of amides is 1. The number of likely N-dealkylation sites (tertiary alicyclic amines) is 1. The largest absolute Gasteiger partial charge is 0.444 e. The Kier molecular flexibility index (Phi) is 5.87. The van der Waals surface area contributed by atoms with E-state index in [-0.39, 0.29) is 6.09 Å². The van der Waals surface area contributed by atoms with Gasteiger partial charge < -0.3 is 15.0 Å². The third-order valence-electron chi connectivity index (χ3n) is 3.73. The van der Waals surface area contributed by atoms with Crippen LogP contribution in [0.5, 0.6) is 0 Å². The van der Waals surface area contributed by atoms with Crippen molar-refractivity contribution in [1.29, 1.82) is 0 Å². The lowest BCUT2D eigenvalue weighted by Gasteiger charge is -2.40. The number of piperidine rings is 1. The van der Waals surface area contributed by atoms with Gasteiger partial charge in [-0.15, -0.1) is 0 Å². The average molecular weight is 284 g/mol. The molecule has 1 rings (SSSR count). The van der Waals surface area contributed by atoms with Gasteiger partial charge in [0.05, 0.1) is 0 Å². The third kappa shape index (κ3) is 6.12. The highest BCUT2D eigenvalue weighted by Crippen LogP contribution is 2.30. The Bertz CT molecular complexity index is 313. The summed E-state index contributed by atoms with van der Waals surface area (Å²) >= 11 is 0. The molecule has 1 aliphatic rings. The van der Waals surface area contributed by atoms with Crippen molar-refractivity contribution in [3.63, 3.8) is 0 Å². The van der Waals surface area contributed by atoms with Gasteiger partial charge >= 0.3 is 6.09 Å². The molecule has 0 atom stereocenters. The van der Waals surface area contributed by atoms with E-state index >= 15 is 0 Å². The summed E-state index contributed by atoms with van der Waals surface area (Å²) in [4.78, 5) is 13.9. The van der Waals surface area contributed by atoms with Crippen LogP contribution in [-0.2, 0) is 4.74 Å². The number of rotatable bonds is 4. The quantitative estimate of drug-likeness (QED) is 0.861. The fourth-order valence-corrected chi connectivity index (χ4v) is 2.40. The first-order chi connectivity index (χ1) is 9.11. The smallest absolute Gasteiger partial charge is 0.410 e. The highest BCUT2D eigenvalue weighted by atomic mass is 16.6. The molecule has 0 saturated carbocycles. The molecule has 1 N–H and O–H groups in total. The van der Waals surface area contributed by atoms with Crippen LogP contribution in [0.25, 0.3) is 0 Å². The van der Waals surface area contributed by atoms with Crippen LogP contribution in [0.3, 0.4) is 0 Å². The zero-order valence-electron chi connectivity index (χ0n) is 14.1. The van der Waals surface area contributed by atoms with Gasteiger partial charge in [0, 0.05) is 19.6 Å². The molecule has 1 fully saturated rings.